The van der Waals surface area contributed by atoms with Crippen LogP contribution in [0.4, 0.5) is 8.78 Å². The van der Waals surface area contributed by atoms with Crippen molar-refractivity contribution in [2.24, 2.45) is 5.92 Å². The van der Waals surface area contributed by atoms with Crippen LogP contribution < -0.4 is 5.32 Å². The largest absolute Gasteiger partial charge is 0.317 e. The van der Waals surface area contributed by atoms with Crippen molar-refractivity contribution in [3.63, 3.8) is 0 Å². The van der Waals surface area contributed by atoms with Gasteiger partial charge in [0.1, 0.15) is 11.6 Å². The van der Waals surface area contributed by atoms with E-state index >= 15 is 0 Å². The number of benzene rings is 1. The number of aryl methyl sites for hydroxylation is 1. The normalized spacial score (nSPS) is 17.6. The van der Waals surface area contributed by atoms with Gasteiger partial charge in [-0.05, 0) is 56.3 Å². The number of rotatable bonds is 3. The zero-order valence-electron chi connectivity index (χ0n) is 9.31. The van der Waals surface area contributed by atoms with Crippen molar-refractivity contribution in [3.8, 4) is 0 Å². The Morgan fingerprint density at radius 1 is 1.19 bits per heavy atom. The predicted molar refractivity (Wildman–Crippen MR) is 60.3 cm³/mol. The van der Waals surface area contributed by atoms with Crippen molar-refractivity contribution in [1.29, 1.82) is 0 Å². The molecule has 1 saturated heterocycles. The highest BCUT2D eigenvalue weighted by atomic mass is 19.1. The van der Waals surface area contributed by atoms with Gasteiger partial charge in [-0.1, -0.05) is 6.07 Å². The summed E-state index contributed by atoms with van der Waals surface area (Å²) in [5.74, 6) is -0.220. The maximum atomic E-state index is 13.4. The SMILES string of the molecule is Fc1ccc(CCC2CCNCC2)c(F)c1. The van der Waals surface area contributed by atoms with Crippen LogP contribution in [0.2, 0.25) is 0 Å². The Morgan fingerprint density at radius 3 is 2.62 bits per heavy atom. The molecule has 1 N–H and O–H groups in total. The molecule has 0 atom stereocenters. The molecule has 3 heteroatoms. The second-order valence-corrected chi connectivity index (χ2v) is 4.47. The summed E-state index contributed by atoms with van der Waals surface area (Å²) in [6, 6.07) is 3.87. The van der Waals surface area contributed by atoms with Gasteiger partial charge in [-0.15, -0.1) is 0 Å². The van der Waals surface area contributed by atoms with Crippen LogP contribution in [0.3, 0.4) is 0 Å². The summed E-state index contributed by atoms with van der Waals surface area (Å²) in [6.07, 6.45) is 4.06. The van der Waals surface area contributed by atoms with E-state index in [-0.39, 0.29) is 0 Å². The summed E-state index contributed by atoms with van der Waals surface area (Å²) in [4.78, 5) is 0. The van der Waals surface area contributed by atoms with Crippen molar-refractivity contribution in [2.75, 3.05) is 13.1 Å². The molecule has 1 fully saturated rings. The molecule has 1 aliphatic heterocycles. The van der Waals surface area contributed by atoms with E-state index in [2.05, 4.69) is 5.32 Å². The summed E-state index contributed by atoms with van der Waals surface area (Å²) >= 11 is 0. The Hall–Kier alpha value is -0.960. The fraction of sp³-hybridized carbons (Fsp3) is 0.538. The predicted octanol–water partition coefficient (Wildman–Crippen LogP) is 2.90. The highest BCUT2D eigenvalue weighted by Crippen LogP contribution is 2.20. The van der Waals surface area contributed by atoms with Crippen LogP contribution >= 0.6 is 0 Å². The second-order valence-electron chi connectivity index (χ2n) is 4.47. The molecule has 0 amide bonds. The van der Waals surface area contributed by atoms with E-state index in [0.717, 1.165) is 32.0 Å². The van der Waals surface area contributed by atoms with E-state index in [4.69, 9.17) is 0 Å². The van der Waals surface area contributed by atoms with Crippen LogP contribution in [-0.4, -0.2) is 13.1 Å². The molecule has 16 heavy (non-hydrogen) atoms. The van der Waals surface area contributed by atoms with Crippen molar-refractivity contribution in [3.05, 3.63) is 35.4 Å². The highest BCUT2D eigenvalue weighted by molar-refractivity contribution is 5.18. The standard InChI is InChI=1S/C13H17F2N/c14-12-4-3-11(13(15)9-12)2-1-10-5-7-16-8-6-10/h3-4,9-10,16H,1-2,5-8H2. The zero-order valence-corrected chi connectivity index (χ0v) is 9.31. The van der Waals surface area contributed by atoms with Gasteiger partial charge in [0.15, 0.2) is 0 Å². The van der Waals surface area contributed by atoms with Crippen LogP contribution in [0, 0.1) is 17.6 Å². The summed E-state index contributed by atoms with van der Waals surface area (Å²) in [5, 5.41) is 3.31. The lowest BCUT2D eigenvalue weighted by atomic mass is 9.91. The summed E-state index contributed by atoms with van der Waals surface area (Å²) in [7, 11) is 0. The second kappa shape index (κ2) is 5.39. The van der Waals surface area contributed by atoms with Crippen molar-refractivity contribution in [2.45, 2.75) is 25.7 Å². The summed E-state index contributed by atoms with van der Waals surface area (Å²) in [5.41, 5.74) is 0.639. The molecule has 1 heterocycles. The van der Waals surface area contributed by atoms with Crippen LogP contribution in [0.5, 0.6) is 0 Å². The molecule has 0 spiro atoms. The van der Waals surface area contributed by atoms with Crippen LogP contribution in [0.1, 0.15) is 24.8 Å². The fourth-order valence-corrected chi connectivity index (χ4v) is 2.25. The third kappa shape index (κ3) is 3.01. The Labute approximate surface area is 94.9 Å². The van der Waals surface area contributed by atoms with Crippen molar-refractivity contribution >= 4 is 0 Å². The quantitative estimate of drug-likeness (QED) is 0.834. The van der Waals surface area contributed by atoms with Crippen LogP contribution in [0.15, 0.2) is 18.2 Å². The molecule has 0 bridgehead atoms. The van der Waals surface area contributed by atoms with Gasteiger partial charge in [-0.25, -0.2) is 8.78 Å². The van der Waals surface area contributed by atoms with Gasteiger partial charge in [0.2, 0.25) is 0 Å². The van der Waals surface area contributed by atoms with Gasteiger partial charge in [-0.3, -0.25) is 0 Å². The van der Waals surface area contributed by atoms with E-state index in [1.165, 1.54) is 18.9 Å². The number of halogens is 2. The Bertz CT molecular complexity index is 346. The number of hydrogen-bond acceptors (Lipinski definition) is 1. The molecule has 0 radical (unpaired) electrons. The lowest BCUT2D eigenvalue weighted by molar-refractivity contribution is 0.353. The van der Waals surface area contributed by atoms with Gasteiger partial charge in [0.25, 0.3) is 0 Å². The first-order valence-electron chi connectivity index (χ1n) is 5.90. The van der Waals surface area contributed by atoms with Crippen LogP contribution in [0.25, 0.3) is 0 Å². The molecule has 0 aromatic heterocycles. The lowest BCUT2D eigenvalue weighted by Gasteiger charge is -2.22. The molecule has 1 aliphatic rings. The lowest BCUT2D eigenvalue weighted by Crippen LogP contribution is -2.27. The van der Waals surface area contributed by atoms with Crippen LogP contribution in [-0.2, 0) is 6.42 Å². The van der Waals surface area contributed by atoms with Gasteiger partial charge in [0.05, 0.1) is 0 Å². The zero-order chi connectivity index (χ0) is 11.4. The first kappa shape index (κ1) is 11.5. The minimum atomic E-state index is -0.497. The number of nitrogens with one attached hydrogen (secondary N) is 1. The molecule has 0 unspecified atom stereocenters. The first-order chi connectivity index (χ1) is 7.75. The monoisotopic (exact) mass is 225 g/mol. The Kier molecular flexibility index (Phi) is 3.88. The average molecular weight is 225 g/mol. The minimum Gasteiger partial charge on any atom is -0.317 e. The average Bonchev–Trinajstić information content (AvgIpc) is 2.29. The minimum absolute atomic E-state index is 0.408. The third-order valence-corrected chi connectivity index (χ3v) is 3.30. The molecule has 1 nitrogen and oxygen atoms in total. The van der Waals surface area contributed by atoms with E-state index in [1.54, 1.807) is 6.07 Å². The Morgan fingerprint density at radius 2 is 1.94 bits per heavy atom. The van der Waals surface area contributed by atoms with E-state index < -0.39 is 11.6 Å². The highest BCUT2D eigenvalue weighted by Gasteiger charge is 2.13. The maximum absolute atomic E-state index is 13.4. The maximum Gasteiger partial charge on any atom is 0.129 e. The Balaban J connectivity index is 1.88. The van der Waals surface area contributed by atoms with Crippen molar-refractivity contribution in [1.82, 2.24) is 5.32 Å². The molecule has 2 rings (SSSR count). The number of hydrogen-bond donors (Lipinski definition) is 1. The van der Waals surface area contributed by atoms with Gasteiger partial charge >= 0.3 is 0 Å². The molecule has 1 aromatic rings. The third-order valence-electron chi connectivity index (χ3n) is 3.30. The summed E-state index contributed by atoms with van der Waals surface area (Å²) < 4.78 is 26.0. The molecular weight excluding hydrogens is 208 g/mol. The van der Waals surface area contributed by atoms with Gasteiger partial charge < -0.3 is 5.32 Å². The topological polar surface area (TPSA) is 12.0 Å². The van der Waals surface area contributed by atoms with E-state index in [0.29, 0.717) is 11.5 Å². The fourth-order valence-electron chi connectivity index (χ4n) is 2.25. The summed E-state index contributed by atoms with van der Waals surface area (Å²) in [6.45, 7) is 2.13. The number of piperidine rings is 1. The molecule has 0 aliphatic carbocycles. The molecule has 88 valence electrons. The van der Waals surface area contributed by atoms with E-state index in [1.807, 2.05) is 0 Å². The molecule has 0 saturated carbocycles. The van der Waals surface area contributed by atoms with Gasteiger partial charge in [0, 0.05) is 6.07 Å². The molecular formula is C13H17F2N. The first-order valence-corrected chi connectivity index (χ1v) is 5.90. The molecule has 1 aromatic carbocycles. The smallest absolute Gasteiger partial charge is 0.129 e. The van der Waals surface area contributed by atoms with E-state index in [9.17, 15) is 8.78 Å². The van der Waals surface area contributed by atoms with Crippen molar-refractivity contribution < 1.29 is 8.78 Å². The van der Waals surface area contributed by atoms with Gasteiger partial charge in [-0.2, -0.15) is 0 Å².